The molecule has 0 aromatic heterocycles. The van der Waals surface area contributed by atoms with Gasteiger partial charge in [0.25, 0.3) is 5.91 Å². The summed E-state index contributed by atoms with van der Waals surface area (Å²) in [7, 11) is 1.57. The zero-order valence-electron chi connectivity index (χ0n) is 12.4. The molecule has 0 radical (unpaired) electrons. The van der Waals surface area contributed by atoms with Crippen LogP contribution in [0, 0.1) is 0 Å². The molecule has 0 aromatic carbocycles. The van der Waals surface area contributed by atoms with Crippen LogP contribution in [0.3, 0.4) is 0 Å². The lowest BCUT2D eigenvalue weighted by Gasteiger charge is -2.12. The molecule has 0 aromatic rings. The van der Waals surface area contributed by atoms with E-state index in [0.717, 1.165) is 19.3 Å². The smallest absolute Gasteiger partial charge is 0.256 e. The van der Waals surface area contributed by atoms with Gasteiger partial charge < -0.3 is 10.1 Å². The minimum absolute atomic E-state index is 0.156. The van der Waals surface area contributed by atoms with Gasteiger partial charge in [-0.1, -0.05) is 31.2 Å². The number of aliphatic imine (C=N–C) groups is 1. The Labute approximate surface area is 120 Å². The Balaban J connectivity index is 2.82. The summed E-state index contributed by atoms with van der Waals surface area (Å²) in [5.41, 5.74) is 1.98. The van der Waals surface area contributed by atoms with Crippen molar-refractivity contribution in [2.24, 2.45) is 4.99 Å². The van der Waals surface area contributed by atoms with Gasteiger partial charge in [0.05, 0.1) is 12.9 Å². The van der Waals surface area contributed by atoms with E-state index in [1.165, 1.54) is 11.8 Å². The van der Waals surface area contributed by atoms with Gasteiger partial charge in [0.15, 0.2) is 0 Å². The molecule has 0 saturated heterocycles. The molecule has 4 nitrogen and oxygen atoms in total. The summed E-state index contributed by atoms with van der Waals surface area (Å²) < 4.78 is 5.06. The normalized spacial score (nSPS) is 16.1. The molecule has 1 aliphatic rings. The standard InChI is InChI=1S/C16H22N2O2/c1-5-13-8-7-9-14(11-13)16(19)18-15(17-6-2)10-12(3)20-4/h6,9-11H,2,5,7-8H2,1,3-4H3,(H,17,18,19)/b12-10+. The first-order valence-electron chi connectivity index (χ1n) is 6.72. The van der Waals surface area contributed by atoms with Crippen LogP contribution in [0.5, 0.6) is 0 Å². The fourth-order valence-electron chi connectivity index (χ4n) is 1.85. The topological polar surface area (TPSA) is 50.7 Å². The minimum Gasteiger partial charge on any atom is -0.501 e. The molecule has 1 amide bonds. The van der Waals surface area contributed by atoms with E-state index < -0.39 is 0 Å². The zero-order valence-corrected chi connectivity index (χ0v) is 12.4. The molecule has 0 unspecified atom stereocenters. The molecule has 0 saturated carbocycles. The number of ether oxygens (including phenoxy) is 1. The van der Waals surface area contributed by atoms with Crippen molar-refractivity contribution in [1.29, 1.82) is 0 Å². The van der Waals surface area contributed by atoms with Crippen molar-refractivity contribution in [3.05, 3.63) is 47.9 Å². The number of carbonyl (C=O) groups excluding carboxylic acids is 1. The molecule has 0 fully saturated rings. The quantitative estimate of drug-likeness (QED) is 0.475. The maximum Gasteiger partial charge on any atom is 0.256 e. The van der Waals surface area contributed by atoms with Gasteiger partial charge in [0.2, 0.25) is 0 Å². The lowest BCUT2D eigenvalue weighted by atomic mass is 9.97. The van der Waals surface area contributed by atoms with Crippen molar-refractivity contribution in [3.8, 4) is 0 Å². The van der Waals surface area contributed by atoms with Gasteiger partial charge >= 0.3 is 0 Å². The predicted molar refractivity (Wildman–Crippen MR) is 82.2 cm³/mol. The SMILES string of the molecule is C=CN=C(/C=C(\C)OC)NC(=O)C1=CCCC(CC)=C1. The van der Waals surface area contributed by atoms with Crippen molar-refractivity contribution in [3.63, 3.8) is 0 Å². The van der Waals surface area contributed by atoms with Gasteiger partial charge in [-0.2, -0.15) is 0 Å². The van der Waals surface area contributed by atoms with Gasteiger partial charge in [-0.05, 0) is 26.2 Å². The van der Waals surface area contributed by atoms with Crippen LogP contribution >= 0.6 is 0 Å². The number of carbonyl (C=O) groups is 1. The average molecular weight is 274 g/mol. The number of amides is 1. The van der Waals surface area contributed by atoms with E-state index in [-0.39, 0.29) is 5.91 Å². The summed E-state index contributed by atoms with van der Waals surface area (Å²) in [6.07, 6.45) is 9.86. The van der Waals surface area contributed by atoms with Crippen LogP contribution in [0.2, 0.25) is 0 Å². The van der Waals surface area contributed by atoms with Crippen molar-refractivity contribution in [2.75, 3.05) is 7.11 Å². The van der Waals surface area contributed by atoms with E-state index in [9.17, 15) is 4.79 Å². The van der Waals surface area contributed by atoms with Crippen molar-refractivity contribution in [1.82, 2.24) is 5.32 Å². The maximum atomic E-state index is 12.2. The third kappa shape index (κ3) is 4.88. The Bertz CT molecular complexity index is 497. The third-order valence-corrected chi connectivity index (χ3v) is 3.04. The molecular weight excluding hydrogens is 252 g/mol. The Morgan fingerprint density at radius 1 is 1.60 bits per heavy atom. The minimum atomic E-state index is -0.156. The van der Waals surface area contributed by atoms with E-state index in [0.29, 0.717) is 17.2 Å². The predicted octanol–water partition coefficient (Wildman–Crippen LogP) is 3.25. The second-order valence-electron chi connectivity index (χ2n) is 4.46. The van der Waals surface area contributed by atoms with Crippen molar-refractivity contribution in [2.45, 2.75) is 33.1 Å². The molecule has 108 valence electrons. The second kappa shape index (κ2) is 8.15. The van der Waals surface area contributed by atoms with Crippen LogP contribution in [-0.2, 0) is 9.53 Å². The second-order valence-corrected chi connectivity index (χ2v) is 4.46. The van der Waals surface area contributed by atoms with E-state index >= 15 is 0 Å². The van der Waals surface area contributed by atoms with Crippen LogP contribution < -0.4 is 5.32 Å². The zero-order chi connectivity index (χ0) is 15.0. The molecular formula is C16H22N2O2. The number of amidine groups is 1. The molecule has 20 heavy (non-hydrogen) atoms. The first-order valence-corrected chi connectivity index (χ1v) is 6.72. The lowest BCUT2D eigenvalue weighted by Crippen LogP contribution is -2.30. The summed E-state index contributed by atoms with van der Waals surface area (Å²) in [5.74, 6) is 0.923. The number of allylic oxidation sites excluding steroid dienone is 3. The number of rotatable bonds is 5. The maximum absolute atomic E-state index is 12.2. The number of hydrogen-bond acceptors (Lipinski definition) is 3. The van der Waals surface area contributed by atoms with E-state index in [2.05, 4.69) is 23.8 Å². The Morgan fingerprint density at radius 3 is 2.95 bits per heavy atom. The molecule has 1 N–H and O–H groups in total. The monoisotopic (exact) mass is 274 g/mol. The summed E-state index contributed by atoms with van der Waals surface area (Å²) in [4.78, 5) is 16.2. The summed E-state index contributed by atoms with van der Waals surface area (Å²) in [6, 6.07) is 0. The summed E-state index contributed by atoms with van der Waals surface area (Å²) in [6.45, 7) is 7.43. The van der Waals surface area contributed by atoms with Crippen LogP contribution in [0.25, 0.3) is 0 Å². The number of methoxy groups -OCH3 is 1. The fourth-order valence-corrected chi connectivity index (χ4v) is 1.85. The Morgan fingerprint density at radius 2 is 2.35 bits per heavy atom. The molecule has 0 heterocycles. The molecule has 4 heteroatoms. The molecule has 0 bridgehead atoms. The first-order chi connectivity index (χ1) is 9.60. The summed E-state index contributed by atoms with van der Waals surface area (Å²) >= 11 is 0. The number of hydrogen-bond donors (Lipinski definition) is 1. The van der Waals surface area contributed by atoms with Crippen molar-refractivity contribution >= 4 is 11.7 Å². The van der Waals surface area contributed by atoms with Crippen LogP contribution in [-0.4, -0.2) is 18.9 Å². The number of nitrogens with one attached hydrogen (secondary N) is 1. The summed E-state index contributed by atoms with van der Waals surface area (Å²) in [5, 5.41) is 2.77. The Hall–Kier alpha value is -2.10. The highest BCUT2D eigenvalue weighted by molar-refractivity contribution is 6.11. The van der Waals surface area contributed by atoms with E-state index in [1.54, 1.807) is 20.1 Å². The van der Waals surface area contributed by atoms with Gasteiger partial charge in [-0.3, -0.25) is 4.79 Å². The van der Waals surface area contributed by atoms with Crippen LogP contribution in [0.1, 0.15) is 33.1 Å². The van der Waals surface area contributed by atoms with Gasteiger partial charge in [-0.15, -0.1) is 0 Å². The van der Waals surface area contributed by atoms with E-state index in [1.807, 2.05) is 12.2 Å². The molecule has 0 spiro atoms. The van der Waals surface area contributed by atoms with E-state index in [4.69, 9.17) is 4.74 Å². The lowest BCUT2D eigenvalue weighted by molar-refractivity contribution is -0.115. The van der Waals surface area contributed by atoms with Gasteiger partial charge in [0, 0.05) is 17.8 Å². The van der Waals surface area contributed by atoms with Crippen molar-refractivity contribution < 1.29 is 9.53 Å². The molecule has 1 aliphatic carbocycles. The molecule has 0 atom stereocenters. The number of nitrogens with zero attached hydrogens (tertiary/aromatic N) is 1. The average Bonchev–Trinajstić information content (AvgIpc) is 2.47. The first kappa shape index (κ1) is 16.0. The highest BCUT2D eigenvalue weighted by atomic mass is 16.5. The highest BCUT2D eigenvalue weighted by Crippen LogP contribution is 2.19. The fraction of sp³-hybridized carbons (Fsp3) is 0.375. The van der Waals surface area contributed by atoms with Crippen LogP contribution in [0.15, 0.2) is 52.9 Å². The highest BCUT2D eigenvalue weighted by Gasteiger charge is 2.12. The van der Waals surface area contributed by atoms with Gasteiger partial charge in [-0.25, -0.2) is 4.99 Å². The third-order valence-electron chi connectivity index (χ3n) is 3.04. The molecule has 0 aliphatic heterocycles. The largest absolute Gasteiger partial charge is 0.501 e. The van der Waals surface area contributed by atoms with Crippen LogP contribution in [0.4, 0.5) is 0 Å². The Kier molecular flexibility index (Phi) is 6.50. The molecule has 1 rings (SSSR count). The van der Waals surface area contributed by atoms with Gasteiger partial charge in [0.1, 0.15) is 5.84 Å².